The van der Waals surface area contributed by atoms with Gasteiger partial charge in [-0.3, -0.25) is 0 Å². The monoisotopic (exact) mass is 314 g/mol. The Hall–Kier alpha value is -1.72. The Morgan fingerprint density at radius 2 is 1.65 bits per heavy atom. The number of benzene rings is 1. The third kappa shape index (κ3) is 4.39. The lowest BCUT2D eigenvalue weighted by Gasteiger charge is -2.34. The summed E-state index contributed by atoms with van der Waals surface area (Å²) in [5.41, 5.74) is 2.25. The van der Waals surface area contributed by atoms with Gasteiger partial charge >= 0.3 is 0 Å². The number of hydrogen-bond donors (Lipinski definition) is 0. The molecule has 1 aliphatic heterocycles. The van der Waals surface area contributed by atoms with Crippen molar-refractivity contribution >= 4 is 0 Å². The topological polar surface area (TPSA) is 45.4 Å². The highest BCUT2D eigenvalue weighted by Gasteiger charge is 2.17. The largest absolute Gasteiger partial charge is 0.339 e. The third-order valence-corrected chi connectivity index (χ3v) is 4.42. The molecule has 1 aromatic carbocycles. The minimum atomic E-state index is 0.688. The van der Waals surface area contributed by atoms with E-state index in [0.29, 0.717) is 5.82 Å². The molecule has 0 unspecified atom stereocenters. The molecule has 0 N–H and O–H groups in total. The molecule has 0 bridgehead atoms. The Morgan fingerprint density at radius 3 is 2.30 bits per heavy atom. The second-order valence-corrected chi connectivity index (χ2v) is 6.31. The van der Waals surface area contributed by atoms with Crippen LogP contribution < -0.4 is 0 Å². The molecule has 0 saturated carbocycles. The van der Waals surface area contributed by atoms with E-state index in [2.05, 4.69) is 45.9 Å². The molecule has 2 aromatic rings. The molecule has 0 atom stereocenters. The van der Waals surface area contributed by atoms with Crippen LogP contribution in [0.5, 0.6) is 0 Å². The summed E-state index contributed by atoms with van der Waals surface area (Å²) in [6.07, 6.45) is 2.07. The first kappa shape index (κ1) is 16.1. The summed E-state index contributed by atoms with van der Waals surface area (Å²) < 4.78 is 5.40. The average molecular weight is 314 g/mol. The fraction of sp³-hybridized carbons (Fsp3) is 0.556. The van der Waals surface area contributed by atoms with Gasteiger partial charge in [0.2, 0.25) is 11.7 Å². The van der Waals surface area contributed by atoms with Gasteiger partial charge in [0, 0.05) is 44.7 Å². The Morgan fingerprint density at radius 1 is 1.00 bits per heavy atom. The lowest BCUT2D eigenvalue weighted by atomic mass is 10.1. The van der Waals surface area contributed by atoms with Gasteiger partial charge in [-0.2, -0.15) is 4.98 Å². The molecule has 0 spiro atoms. The van der Waals surface area contributed by atoms with Crippen molar-refractivity contribution < 1.29 is 4.52 Å². The van der Waals surface area contributed by atoms with E-state index in [9.17, 15) is 0 Å². The molecule has 3 rings (SSSR count). The zero-order valence-corrected chi connectivity index (χ0v) is 14.2. The summed E-state index contributed by atoms with van der Waals surface area (Å²) in [7, 11) is 0. The highest BCUT2D eigenvalue weighted by Crippen LogP contribution is 2.16. The lowest BCUT2D eigenvalue weighted by molar-refractivity contribution is 0.131. The number of aromatic nitrogens is 2. The molecule has 1 fully saturated rings. The van der Waals surface area contributed by atoms with Crippen LogP contribution in [0.2, 0.25) is 0 Å². The molecule has 0 amide bonds. The van der Waals surface area contributed by atoms with Crippen molar-refractivity contribution in [3.63, 3.8) is 0 Å². The van der Waals surface area contributed by atoms with Gasteiger partial charge in [0.1, 0.15) is 0 Å². The van der Waals surface area contributed by atoms with Gasteiger partial charge in [-0.15, -0.1) is 0 Å². The Bertz CT molecular complexity index is 600. The standard InChI is InChI=1S/C18H26N4O/c1-3-9-21-11-13-22(14-12-21)10-8-17-19-18(20-23-17)16-6-4-15(2)5-7-16/h4-7H,3,8-14H2,1-2H3. The molecule has 1 aliphatic rings. The Kier molecular flexibility index (Phi) is 5.41. The maximum Gasteiger partial charge on any atom is 0.228 e. The normalized spacial score (nSPS) is 16.8. The van der Waals surface area contributed by atoms with Gasteiger partial charge in [-0.1, -0.05) is 41.9 Å². The van der Waals surface area contributed by atoms with Crippen molar-refractivity contribution in [3.05, 3.63) is 35.7 Å². The van der Waals surface area contributed by atoms with Crippen molar-refractivity contribution in [2.45, 2.75) is 26.7 Å². The highest BCUT2D eigenvalue weighted by molar-refractivity contribution is 5.54. The predicted molar refractivity (Wildman–Crippen MR) is 91.3 cm³/mol. The Balaban J connectivity index is 1.49. The molecular formula is C18H26N4O. The van der Waals surface area contributed by atoms with E-state index >= 15 is 0 Å². The van der Waals surface area contributed by atoms with E-state index in [4.69, 9.17) is 4.52 Å². The van der Waals surface area contributed by atoms with Crippen molar-refractivity contribution in [1.82, 2.24) is 19.9 Å². The van der Waals surface area contributed by atoms with Crippen molar-refractivity contribution in [3.8, 4) is 11.4 Å². The third-order valence-electron chi connectivity index (χ3n) is 4.42. The van der Waals surface area contributed by atoms with E-state index in [1.165, 1.54) is 31.6 Å². The van der Waals surface area contributed by atoms with Crippen LogP contribution in [0.1, 0.15) is 24.8 Å². The summed E-state index contributed by atoms with van der Waals surface area (Å²) in [6.45, 7) is 11.2. The van der Waals surface area contributed by atoms with Crippen LogP contribution in [0.15, 0.2) is 28.8 Å². The van der Waals surface area contributed by atoms with E-state index < -0.39 is 0 Å². The zero-order valence-electron chi connectivity index (χ0n) is 14.2. The zero-order chi connectivity index (χ0) is 16.1. The first-order valence-corrected chi connectivity index (χ1v) is 8.59. The average Bonchev–Trinajstić information content (AvgIpc) is 3.04. The maximum absolute atomic E-state index is 5.40. The van der Waals surface area contributed by atoms with Gasteiger partial charge in [0.25, 0.3) is 0 Å². The molecule has 0 aliphatic carbocycles. The minimum absolute atomic E-state index is 0.688. The number of rotatable bonds is 6. The number of nitrogens with zero attached hydrogens (tertiary/aromatic N) is 4. The quantitative estimate of drug-likeness (QED) is 0.820. The van der Waals surface area contributed by atoms with Gasteiger partial charge in [-0.25, -0.2) is 0 Å². The highest BCUT2D eigenvalue weighted by atomic mass is 16.5. The van der Waals surface area contributed by atoms with Crippen LogP contribution in [0.3, 0.4) is 0 Å². The maximum atomic E-state index is 5.40. The van der Waals surface area contributed by atoms with Crippen LogP contribution in [-0.4, -0.2) is 59.2 Å². The van der Waals surface area contributed by atoms with Crippen LogP contribution >= 0.6 is 0 Å². The second kappa shape index (κ2) is 7.70. The van der Waals surface area contributed by atoms with E-state index in [-0.39, 0.29) is 0 Å². The van der Waals surface area contributed by atoms with Gasteiger partial charge in [0.15, 0.2) is 0 Å². The summed E-state index contributed by atoms with van der Waals surface area (Å²) in [6, 6.07) is 8.22. The van der Waals surface area contributed by atoms with E-state index in [1.54, 1.807) is 0 Å². The molecule has 23 heavy (non-hydrogen) atoms. The number of aryl methyl sites for hydroxylation is 1. The molecule has 1 saturated heterocycles. The molecule has 5 heteroatoms. The lowest BCUT2D eigenvalue weighted by Crippen LogP contribution is -2.46. The first-order valence-electron chi connectivity index (χ1n) is 8.59. The smallest absolute Gasteiger partial charge is 0.228 e. The van der Waals surface area contributed by atoms with Crippen molar-refractivity contribution in [1.29, 1.82) is 0 Å². The fourth-order valence-electron chi connectivity index (χ4n) is 2.98. The fourth-order valence-corrected chi connectivity index (χ4v) is 2.98. The predicted octanol–water partition coefficient (Wildman–Crippen LogP) is 2.62. The van der Waals surface area contributed by atoms with Gasteiger partial charge in [-0.05, 0) is 19.9 Å². The van der Waals surface area contributed by atoms with Crippen LogP contribution in [0, 0.1) is 6.92 Å². The molecule has 124 valence electrons. The molecule has 1 aromatic heterocycles. The van der Waals surface area contributed by atoms with Crippen molar-refractivity contribution in [2.24, 2.45) is 0 Å². The SMILES string of the molecule is CCCN1CCN(CCc2nc(-c3ccc(C)cc3)no2)CC1. The van der Waals surface area contributed by atoms with E-state index in [1.807, 2.05) is 12.1 Å². The molecule has 2 heterocycles. The molecule has 5 nitrogen and oxygen atoms in total. The first-order chi connectivity index (χ1) is 11.2. The second-order valence-electron chi connectivity index (χ2n) is 6.31. The summed E-state index contributed by atoms with van der Waals surface area (Å²) in [4.78, 5) is 9.55. The van der Waals surface area contributed by atoms with Gasteiger partial charge in [0.05, 0.1) is 0 Å². The molecular weight excluding hydrogens is 288 g/mol. The van der Waals surface area contributed by atoms with Crippen molar-refractivity contribution in [2.75, 3.05) is 39.3 Å². The van der Waals surface area contributed by atoms with Crippen LogP contribution in [0.4, 0.5) is 0 Å². The minimum Gasteiger partial charge on any atom is -0.339 e. The molecule has 0 radical (unpaired) electrons. The summed E-state index contributed by atoms with van der Waals surface area (Å²) in [5.74, 6) is 1.42. The summed E-state index contributed by atoms with van der Waals surface area (Å²) >= 11 is 0. The van der Waals surface area contributed by atoms with E-state index in [0.717, 1.165) is 37.5 Å². The van der Waals surface area contributed by atoms with Crippen LogP contribution in [-0.2, 0) is 6.42 Å². The van der Waals surface area contributed by atoms with Crippen LogP contribution in [0.25, 0.3) is 11.4 Å². The van der Waals surface area contributed by atoms with Gasteiger partial charge < -0.3 is 14.3 Å². The summed E-state index contributed by atoms with van der Waals surface area (Å²) in [5, 5.41) is 4.10. The Labute approximate surface area is 138 Å². The number of hydrogen-bond acceptors (Lipinski definition) is 5. The number of piperazine rings is 1.